The highest BCUT2D eigenvalue weighted by Gasteiger charge is 2.71. The summed E-state index contributed by atoms with van der Waals surface area (Å²) in [5.41, 5.74) is 11.5. The van der Waals surface area contributed by atoms with Crippen LogP contribution in [0, 0.1) is 23.7 Å². The number of aliphatic hydroxyl groups is 2. The van der Waals surface area contributed by atoms with E-state index >= 15 is 0 Å². The van der Waals surface area contributed by atoms with Gasteiger partial charge in [-0.2, -0.15) is 0 Å². The van der Waals surface area contributed by atoms with Gasteiger partial charge in [0, 0.05) is 83.0 Å². The number of rotatable bonds is 6. The molecule has 0 aromatic heterocycles. The number of anilines is 2. The van der Waals surface area contributed by atoms with Gasteiger partial charge < -0.3 is 29.8 Å². The number of fused-ring (bicyclic) bond motifs is 8. The molecule has 4 bridgehead atoms. The van der Waals surface area contributed by atoms with E-state index < -0.39 is 0 Å². The van der Waals surface area contributed by atoms with E-state index in [0.29, 0.717) is 23.9 Å². The van der Waals surface area contributed by atoms with Gasteiger partial charge in [0.2, 0.25) is 0 Å². The fourth-order valence-corrected chi connectivity index (χ4v) is 14.2. The van der Waals surface area contributed by atoms with Crippen LogP contribution < -0.4 is 9.80 Å². The maximum atomic E-state index is 10.5. The molecule has 2 N–H and O–H groups in total. The summed E-state index contributed by atoms with van der Waals surface area (Å²) in [6.07, 6.45) is 20.6. The van der Waals surface area contributed by atoms with Crippen LogP contribution in [0.15, 0.2) is 121 Å². The lowest BCUT2D eigenvalue weighted by Crippen LogP contribution is -2.63. The zero-order valence-electron chi connectivity index (χ0n) is 28.9. The molecule has 256 valence electrons. The van der Waals surface area contributed by atoms with Crippen LogP contribution in [0.4, 0.5) is 11.4 Å². The van der Waals surface area contributed by atoms with Crippen molar-refractivity contribution in [1.29, 1.82) is 0 Å². The number of nitrogens with zero attached hydrogens (tertiary/aromatic N) is 4. The second kappa shape index (κ2) is 10.3. The Kier molecular flexibility index (Phi) is 6.11. The van der Waals surface area contributed by atoms with Crippen molar-refractivity contribution in [1.82, 2.24) is 9.80 Å². The fraction of sp³-hybridized carbons (Fsp3) is 0.455. The number of allylic oxidation sites excluding steroid dienone is 2. The molecule has 9 aliphatic rings. The Balaban J connectivity index is 1.22. The zero-order valence-corrected chi connectivity index (χ0v) is 28.9. The van der Waals surface area contributed by atoms with Crippen LogP contribution in [0.1, 0.15) is 49.7 Å². The Morgan fingerprint density at radius 3 is 1.52 bits per heavy atom. The van der Waals surface area contributed by atoms with Crippen molar-refractivity contribution in [2.45, 2.75) is 73.5 Å². The lowest BCUT2D eigenvalue weighted by molar-refractivity contribution is 0.0738. The molecule has 2 aromatic carbocycles. The summed E-state index contributed by atoms with van der Waals surface area (Å²) in [6.45, 7) is 10.1. The first-order chi connectivity index (χ1) is 24.6. The molecule has 0 radical (unpaired) electrons. The van der Waals surface area contributed by atoms with Crippen molar-refractivity contribution >= 4 is 11.4 Å². The molecule has 6 heteroatoms. The monoisotopic (exact) mass is 664 g/mol. The summed E-state index contributed by atoms with van der Waals surface area (Å²) in [5.74, 6) is 1.53. The number of aliphatic hydroxyl groups excluding tert-OH is 2. The predicted octanol–water partition coefficient (Wildman–Crippen LogP) is 6.37. The first-order valence-electron chi connectivity index (χ1n) is 19.2. The van der Waals surface area contributed by atoms with E-state index in [-0.39, 0.29) is 48.0 Å². The Labute approximate surface area is 296 Å². The molecular formula is C44H48N4O2. The molecule has 2 saturated heterocycles. The van der Waals surface area contributed by atoms with E-state index in [1.165, 1.54) is 45.0 Å². The van der Waals surface area contributed by atoms with E-state index in [1.807, 2.05) is 0 Å². The van der Waals surface area contributed by atoms with Crippen molar-refractivity contribution in [3.8, 4) is 0 Å². The van der Waals surface area contributed by atoms with Crippen LogP contribution >= 0.6 is 0 Å². The normalized spacial score (nSPS) is 42.6. The summed E-state index contributed by atoms with van der Waals surface area (Å²) in [4.78, 5) is 10.8. The summed E-state index contributed by atoms with van der Waals surface area (Å²) in [6, 6.07) is 20.0. The first kappa shape index (κ1) is 29.7. The van der Waals surface area contributed by atoms with Gasteiger partial charge in [-0.05, 0) is 96.9 Å². The molecule has 2 spiro atoms. The molecule has 11 rings (SSSR count). The second-order valence-corrected chi connectivity index (χ2v) is 16.5. The largest absolute Gasteiger partial charge is 0.392 e. The summed E-state index contributed by atoms with van der Waals surface area (Å²) in [5, 5.41) is 21.0. The van der Waals surface area contributed by atoms with Gasteiger partial charge >= 0.3 is 0 Å². The van der Waals surface area contributed by atoms with Crippen molar-refractivity contribution in [2.24, 2.45) is 23.7 Å². The lowest BCUT2D eigenvalue weighted by Gasteiger charge is -2.59. The molecular weight excluding hydrogens is 617 g/mol. The number of likely N-dealkylation sites (tertiary alicyclic amines) is 2. The van der Waals surface area contributed by atoms with Gasteiger partial charge in [-0.1, -0.05) is 48.6 Å². The Morgan fingerprint density at radius 2 is 1.10 bits per heavy atom. The van der Waals surface area contributed by atoms with E-state index in [4.69, 9.17) is 0 Å². The van der Waals surface area contributed by atoms with Gasteiger partial charge in [0.05, 0.1) is 25.3 Å². The number of para-hydroxylation sites is 2. The molecule has 0 amide bonds. The average molecular weight is 665 g/mol. The number of hydrogen-bond donors (Lipinski definition) is 2. The Hall–Kier alpha value is -4.00. The molecule has 6 nitrogen and oxygen atoms in total. The minimum atomic E-state index is 0.0233. The van der Waals surface area contributed by atoms with Crippen LogP contribution in [0.3, 0.4) is 0 Å². The van der Waals surface area contributed by atoms with Crippen molar-refractivity contribution in [3.05, 3.63) is 132 Å². The van der Waals surface area contributed by atoms with Crippen LogP contribution in [-0.4, -0.2) is 70.5 Å². The maximum Gasteiger partial charge on any atom is 0.0670 e. The first-order valence-corrected chi connectivity index (χ1v) is 19.2. The van der Waals surface area contributed by atoms with Gasteiger partial charge in [0.15, 0.2) is 0 Å². The highest BCUT2D eigenvalue weighted by molar-refractivity contribution is 5.77. The van der Waals surface area contributed by atoms with Gasteiger partial charge in [-0.3, -0.25) is 0 Å². The molecule has 10 atom stereocenters. The third-order valence-electron chi connectivity index (χ3n) is 15.3. The van der Waals surface area contributed by atoms with Crippen LogP contribution in [0.5, 0.6) is 0 Å². The van der Waals surface area contributed by atoms with Crippen molar-refractivity contribution in [3.63, 3.8) is 0 Å². The van der Waals surface area contributed by atoms with Crippen LogP contribution in [0.2, 0.25) is 0 Å². The highest BCUT2D eigenvalue weighted by atomic mass is 16.3. The topological polar surface area (TPSA) is 53.4 Å². The summed E-state index contributed by atoms with van der Waals surface area (Å²) in [7, 11) is 0. The van der Waals surface area contributed by atoms with Crippen LogP contribution in [-0.2, 0) is 10.8 Å². The molecule has 0 unspecified atom stereocenters. The Bertz CT molecular complexity index is 1820. The smallest absolute Gasteiger partial charge is 0.0670 e. The van der Waals surface area contributed by atoms with Crippen LogP contribution in [0.25, 0.3) is 0 Å². The van der Waals surface area contributed by atoms with E-state index in [2.05, 4.69) is 118 Å². The van der Waals surface area contributed by atoms with E-state index in [0.717, 1.165) is 51.6 Å². The zero-order chi connectivity index (χ0) is 33.5. The second-order valence-electron chi connectivity index (χ2n) is 16.5. The number of hydrogen-bond acceptors (Lipinski definition) is 6. The highest BCUT2D eigenvalue weighted by Crippen LogP contribution is 2.71. The minimum absolute atomic E-state index is 0.0233. The SMILES string of the molecule is C=CCN1/C(=C\CO)[C@H]2C[C@@H]3[C@@H]1CC[C@]31c3ccccc3N3/C=C4/[C@@H]5C[C@H]6[C@H](CC[C@@]67c6ccccc6N(/C=C/2[C@H]31)[C@@H]47)N(CC=C)/C5=C\CO. The quantitative estimate of drug-likeness (QED) is 0.350. The number of benzene rings is 2. The average Bonchev–Trinajstić information content (AvgIpc) is 3.86. The Morgan fingerprint density at radius 1 is 0.660 bits per heavy atom. The molecule has 5 heterocycles. The molecule has 2 aromatic rings. The molecule has 6 fully saturated rings. The van der Waals surface area contributed by atoms with Gasteiger partial charge in [-0.25, -0.2) is 0 Å². The van der Waals surface area contributed by atoms with Gasteiger partial charge in [-0.15, -0.1) is 13.2 Å². The maximum absolute atomic E-state index is 10.5. The molecule has 4 aliphatic carbocycles. The third-order valence-corrected chi connectivity index (χ3v) is 15.3. The van der Waals surface area contributed by atoms with E-state index in [1.54, 1.807) is 0 Å². The minimum Gasteiger partial charge on any atom is -0.392 e. The third kappa shape index (κ3) is 3.26. The fourth-order valence-electron chi connectivity index (χ4n) is 14.2. The standard InChI is InChI=1S/C44H48N4O2/c1-3-19-45-35(15-21-49)27-23-33-39(45)13-17-43(33)31-9-5-7-11-37(31)48-26-30-28-24-34-40(46(20-4-2)36(28)16-22-50)14-18-44(34)32-10-6-8-12-38(32)47(42(30)44)25-29(27)41(43)48/h3-12,15-16,25-28,33-34,39-42,49-50H,1-2,13-14,17-24H2/b29-25-,30-26-,35-15-,36-16-/t27-,28-,33-,34+,39-,40-,41-,42-,43+,44-/m0/s1. The lowest BCUT2D eigenvalue weighted by atomic mass is 9.54. The number of piperidine rings is 2. The van der Waals surface area contributed by atoms with Gasteiger partial charge in [0.1, 0.15) is 0 Å². The predicted molar refractivity (Wildman–Crippen MR) is 198 cm³/mol. The van der Waals surface area contributed by atoms with Crippen molar-refractivity contribution < 1.29 is 10.2 Å². The summed E-state index contributed by atoms with van der Waals surface area (Å²) < 4.78 is 0. The molecule has 5 aliphatic heterocycles. The molecule has 50 heavy (non-hydrogen) atoms. The van der Waals surface area contributed by atoms with Crippen molar-refractivity contribution in [2.75, 3.05) is 36.1 Å². The van der Waals surface area contributed by atoms with Gasteiger partial charge in [0.25, 0.3) is 0 Å². The summed E-state index contributed by atoms with van der Waals surface area (Å²) >= 11 is 0. The molecule has 4 saturated carbocycles. The van der Waals surface area contributed by atoms with E-state index in [9.17, 15) is 10.2 Å².